The molecule has 1 aliphatic carbocycles. The van der Waals surface area contributed by atoms with Gasteiger partial charge < -0.3 is 9.84 Å². The molecule has 0 atom stereocenters. The molecule has 0 amide bonds. The number of hydrogen-bond acceptors (Lipinski definition) is 3. The minimum atomic E-state index is -0.657. The van der Waals surface area contributed by atoms with E-state index in [4.69, 9.17) is 4.74 Å². The third-order valence-electron chi connectivity index (χ3n) is 5.94. The second kappa shape index (κ2) is 7.66. The van der Waals surface area contributed by atoms with Gasteiger partial charge in [0.15, 0.2) is 5.78 Å². The summed E-state index contributed by atoms with van der Waals surface area (Å²) in [5, 5.41) is 10.7. The van der Waals surface area contributed by atoms with Gasteiger partial charge in [-0.15, -0.1) is 0 Å². The first-order valence-electron chi connectivity index (χ1n) is 10.4. The second-order valence-electron chi connectivity index (χ2n) is 8.56. The minimum absolute atomic E-state index is 0.125. The number of fused-ring (bicyclic) bond motifs is 2. The van der Waals surface area contributed by atoms with Crippen molar-refractivity contribution in [3.05, 3.63) is 64.5 Å². The highest BCUT2D eigenvalue weighted by Gasteiger charge is 2.42. The maximum Gasteiger partial charge on any atom is 0.163 e. The Morgan fingerprint density at radius 2 is 1.69 bits per heavy atom. The normalized spacial score (nSPS) is 17.1. The van der Waals surface area contributed by atoms with E-state index in [1.807, 2.05) is 38.1 Å². The topological polar surface area (TPSA) is 46.5 Å². The second-order valence-corrected chi connectivity index (χ2v) is 8.56. The molecule has 0 radical (unpaired) electrons. The Morgan fingerprint density at radius 3 is 2.41 bits per heavy atom. The summed E-state index contributed by atoms with van der Waals surface area (Å²) in [5.74, 6) is 0.822. The highest BCUT2D eigenvalue weighted by Crippen LogP contribution is 2.50. The van der Waals surface area contributed by atoms with Crippen LogP contribution in [-0.4, -0.2) is 16.5 Å². The molecular weight excluding hydrogens is 367 g/mol. The molecule has 152 valence electrons. The van der Waals surface area contributed by atoms with E-state index in [-0.39, 0.29) is 17.3 Å². The molecule has 0 fully saturated rings. The molecule has 0 bridgehead atoms. The average Bonchev–Trinajstić information content (AvgIpc) is 3.05. The van der Waals surface area contributed by atoms with E-state index >= 15 is 0 Å². The maximum absolute atomic E-state index is 13.0. The summed E-state index contributed by atoms with van der Waals surface area (Å²) in [6.45, 7) is 3.85. The smallest absolute Gasteiger partial charge is 0.163 e. The fourth-order valence-electron chi connectivity index (χ4n) is 4.60. The third-order valence-corrected chi connectivity index (χ3v) is 5.94. The number of phenols is 1. The number of ether oxygens (including phenoxy) is 1. The number of ketones is 1. The molecule has 1 aliphatic heterocycles. The Labute approximate surface area is 171 Å². The molecule has 29 heavy (non-hydrogen) atoms. The molecule has 0 unspecified atom stereocenters. The van der Waals surface area contributed by atoms with Crippen LogP contribution in [0.4, 0.5) is 4.39 Å². The van der Waals surface area contributed by atoms with Crippen LogP contribution in [0.1, 0.15) is 62.6 Å². The summed E-state index contributed by atoms with van der Waals surface area (Å²) >= 11 is 0. The fourth-order valence-corrected chi connectivity index (χ4v) is 4.60. The van der Waals surface area contributed by atoms with E-state index in [1.165, 1.54) is 12.1 Å². The van der Waals surface area contributed by atoms with E-state index in [0.717, 1.165) is 48.8 Å². The number of aryl methyl sites for hydroxylation is 2. The fraction of sp³-hybridized carbons (Fsp3) is 0.400. The van der Waals surface area contributed by atoms with Crippen molar-refractivity contribution in [3.8, 4) is 11.5 Å². The Hall–Kier alpha value is -2.62. The zero-order valence-electron chi connectivity index (χ0n) is 17.1. The van der Waals surface area contributed by atoms with Gasteiger partial charge in [0.25, 0.3) is 0 Å². The van der Waals surface area contributed by atoms with Crippen molar-refractivity contribution in [2.75, 3.05) is 0 Å². The lowest BCUT2D eigenvalue weighted by Gasteiger charge is -2.34. The van der Waals surface area contributed by atoms with Crippen molar-refractivity contribution in [2.45, 2.75) is 64.4 Å². The zero-order chi connectivity index (χ0) is 20.6. The van der Waals surface area contributed by atoms with Crippen LogP contribution in [0.2, 0.25) is 0 Å². The summed E-state index contributed by atoms with van der Waals surface area (Å²) in [7, 11) is 0. The zero-order valence-corrected chi connectivity index (χ0v) is 17.1. The number of aromatic hydroxyl groups is 1. The monoisotopic (exact) mass is 394 g/mol. The van der Waals surface area contributed by atoms with Crippen LogP contribution in [0.5, 0.6) is 11.5 Å². The van der Waals surface area contributed by atoms with E-state index in [2.05, 4.69) is 0 Å². The molecular formula is C25H27FO3. The predicted molar refractivity (Wildman–Crippen MR) is 112 cm³/mol. The number of carbonyl (C=O) groups is 1. The van der Waals surface area contributed by atoms with Gasteiger partial charge in [0.1, 0.15) is 22.9 Å². The van der Waals surface area contributed by atoms with Crippen molar-refractivity contribution < 1.29 is 19.0 Å². The number of allylic oxidation sites excluding steroid dienone is 1. The van der Waals surface area contributed by atoms with Crippen LogP contribution in [-0.2, 0) is 17.6 Å². The highest BCUT2D eigenvalue weighted by atomic mass is 19.1. The van der Waals surface area contributed by atoms with Crippen molar-refractivity contribution in [1.82, 2.24) is 0 Å². The number of Topliss-reactive ketones (excluding diaryl/α,β-unsaturated/α-hetero) is 1. The van der Waals surface area contributed by atoms with Crippen LogP contribution >= 0.6 is 0 Å². The minimum Gasteiger partial charge on any atom is -0.507 e. The summed E-state index contributed by atoms with van der Waals surface area (Å²) in [6.07, 6.45) is 6.08. The van der Waals surface area contributed by atoms with E-state index in [1.54, 1.807) is 0 Å². The molecule has 4 heteroatoms. The number of unbranched alkanes of at least 4 members (excludes halogenated alkanes) is 2. The van der Waals surface area contributed by atoms with Crippen molar-refractivity contribution >= 4 is 11.4 Å². The van der Waals surface area contributed by atoms with E-state index in [0.29, 0.717) is 29.7 Å². The first-order valence-corrected chi connectivity index (χ1v) is 10.4. The largest absolute Gasteiger partial charge is 0.507 e. The number of carbonyl (C=O) groups excluding carboxylic acids is 1. The number of hydrogen-bond donors (Lipinski definition) is 1. The average molecular weight is 394 g/mol. The van der Waals surface area contributed by atoms with E-state index in [9.17, 15) is 14.3 Å². The number of benzene rings is 2. The van der Waals surface area contributed by atoms with Gasteiger partial charge in [0.05, 0.1) is 5.56 Å². The molecule has 0 spiro atoms. The quantitative estimate of drug-likeness (QED) is 0.632. The maximum atomic E-state index is 13.0. The van der Waals surface area contributed by atoms with Gasteiger partial charge in [-0.05, 0) is 86.9 Å². The molecule has 0 saturated heterocycles. The van der Waals surface area contributed by atoms with Crippen LogP contribution in [0.25, 0.3) is 5.57 Å². The lowest BCUT2D eigenvalue weighted by Crippen LogP contribution is -2.36. The number of phenolic OH excluding ortho intramolecular Hbond substituents is 1. The third kappa shape index (κ3) is 3.93. The van der Waals surface area contributed by atoms with Gasteiger partial charge in [-0.1, -0.05) is 18.6 Å². The molecule has 2 aliphatic rings. The summed E-state index contributed by atoms with van der Waals surface area (Å²) in [6, 6.07) is 10.5. The van der Waals surface area contributed by atoms with Crippen LogP contribution in [0, 0.1) is 5.82 Å². The first kappa shape index (κ1) is 19.7. The Kier molecular flexibility index (Phi) is 5.20. The summed E-state index contributed by atoms with van der Waals surface area (Å²) in [4.78, 5) is 12.3. The molecule has 0 saturated carbocycles. The SMILES string of the molecule is CC1(C)Oc2cc(CCCCCc3ccc(F)cc3)cc(O)c2C2=C1C(=O)CC2. The summed E-state index contributed by atoms with van der Waals surface area (Å²) in [5.41, 5.74) is 3.91. The molecule has 3 nitrogen and oxygen atoms in total. The van der Waals surface area contributed by atoms with Crippen molar-refractivity contribution in [2.24, 2.45) is 0 Å². The Balaban J connectivity index is 1.41. The van der Waals surface area contributed by atoms with E-state index < -0.39 is 5.60 Å². The van der Waals surface area contributed by atoms with Gasteiger partial charge in [-0.25, -0.2) is 4.39 Å². The van der Waals surface area contributed by atoms with Gasteiger partial charge in [-0.3, -0.25) is 4.79 Å². The van der Waals surface area contributed by atoms with Crippen LogP contribution < -0.4 is 4.74 Å². The molecule has 0 aromatic heterocycles. The first-order chi connectivity index (χ1) is 13.8. The van der Waals surface area contributed by atoms with Gasteiger partial charge in [-0.2, -0.15) is 0 Å². The molecule has 2 aromatic carbocycles. The highest BCUT2D eigenvalue weighted by molar-refractivity contribution is 6.10. The Morgan fingerprint density at radius 1 is 1.00 bits per heavy atom. The van der Waals surface area contributed by atoms with Gasteiger partial charge in [0, 0.05) is 12.0 Å². The van der Waals surface area contributed by atoms with Crippen LogP contribution in [0.3, 0.4) is 0 Å². The van der Waals surface area contributed by atoms with Gasteiger partial charge in [0.2, 0.25) is 0 Å². The van der Waals surface area contributed by atoms with Crippen molar-refractivity contribution in [1.29, 1.82) is 0 Å². The predicted octanol–water partition coefficient (Wildman–Crippen LogP) is 5.77. The summed E-state index contributed by atoms with van der Waals surface area (Å²) < 4.78 is 19.1. The van der Waals surface area contributed by atoms with Crippen molar-refractivity contribution in [3.63, 3.8) is 0 Å². The standard InChI is InChI=1S/C25H27FO3/c1-25(2)24-19(12-13-20(24)27)23-21(28)14-17(15-22(23)29-25)7-5-3-4-6-16-8-10-18(26)11-9-16/h8-11,14-15,28H,3-7,12-13H2,1-2H3. The number of halogens is 1. The molecule has 1 N–H and O–H groups in total. The van der Waals surface area contributed by atoms with Gasteiger partial charge >= 0.3 is 0 Å². The lowest BCUT2D eigenvalue weighted by molar-refractivity contribution is -0.116. The number of rotatable bonds is 6. The molecule has 4 rings (SSSR count). The lowest BCUT2D eigenvalue weighted by atomic mass is 9.86. The van der Waals surface area contributed by atoms with Crippen LogP contribution in [0.15, 0.2) is 42.0 Å². The molecule has 2 aromatic rings. The Bertz CT molecular complexity index is 970. The molecule has 1 heterocycles.